The fourth-order valence-electron chi connectivity index (χ4n) is 2.87. The van der Waals surface area contributed by atoms with E-state index >= 15 is 0 Å². The number of ether oxygens (including phenoxy) is 2. The van der Waals surface area contributed by atoms with Gasteiger partial charge < -0.3 is 19.7 Å². The number of rotatable bonds is 6. The molecule has 2 amide bonds. The molecule has 0 aliphatic carbocycles. The first-order valence-electron chi connectivity index (χ1n) is 9.04. The highest BCUT2D eigenvalue weighted by atomic mass is 16.7. The molecule has 0 unspecified atom stereocenters. The van der Waals surface area contributed by atoms with Crippen molar-refractivity contribution in [1.82, 2.24) is 10.2 Å². The number of hydrogen-bond acceptors (Lipinski definition) is 5. The van der Waals surface area contributed by atoms with Crippen molar-refractivity contribution >= 4 is 18.0 Å². The predicted octanol–water partition coefficient (Wildman–Crippen LogP) is 2.60. The Kier molecular flexibility index (Phi) is 7.44. The molecule has 1 fully saturated rings. The molecule has 0 spiro atoms. The molecule has 7 heteroatoms. The van der Waals surface area contributed by atoms with Gasteiger partial charge in [-0.1, -0.05) is 6.92 Å². The van der Waals surface area contributed by atoms with Crippen molar-refractivity contribution < 1.29 is 23.9 Å². The lowest BCUT2D eigenvalue weighted by Gasteiger charge is -2.32. The fraction of sp³-hybridized carbons (Fsp3) is 0.526. The lowest BCUT2D eigenvalue weighted by Crippen LogP contribution is -2.41. The Morgan fingerprint density at radius 1 is 1.12 bits per heavy atom. The summed E-state index contributed by atoms with van der Waals surface area (Å²) in [4.78, 5) is 37.0. The Morgan fingerprint density at radius 2 is 1.77 bits per heavy atom. The number of hydrogen-bond donors (Lipinski definition) is 1. The Balaban J connectivity index is 1.76. The first-order chi connectivity index (χ1) is 12.5. The van der Waals surface area contributed by atoms with E-state index in [-0.39, 0.29) is 18.4 Å². The van der Waals surface area contributed by atoms with E-state index in [0.29, 0.717) is 30.2 Å². The molecule has 0 saturated carbocycles. The molecule has 0 aromatic heterocycles. The Morgan fingerprint density at radius 3 is 2.35 bits per heavy atom. The van der Waals surface area contributed by atoms with Crippen LogP contribution in [0, 0.1) is 5.92 Å². The molecule has 1 aliphatic heterocycles. The summed E-state index contributed by atoms with van der Waals surface area (Å²) in [5.41, 5.74) is 0.500. The van der Waals surface area contributed by atoms with Crippen molar-refractivity contribution in [2.24, 2.45) is 5.92 Å². The number of piperidine rings is 1. The third-order valence-corrected chi connectivity index (χ3v) is 4.40. The summed E-state index contributed by atoms with van der Waals surface area (Å²) in [5, 5.41) is 2.93. The van der Waals surface area contributed by atoms with Crippen LogP contribution in [0.4, 0.5) is 4.79 Å². The van der Waals surface area contributed by atoms with Crippen molar-refractivity contribution in [3.05, 3.63) is 29.8 Å². The maximum Gasteiger partial charge on any atom is 0.513 e. The molecular weight excluding hydrogens is 336 g/mol. The van der Waals surface area contributed by atoms with E-state index in [2.05, 4.69) is 5.32 Å². The van der Waals surface area contributed by atoms with E-state index < -0.39 is 6.16 Å². The van der Waals surface area contributed by atoms with Crippen molar-refractivity contribution in [2.75, 3.05) is 26.2 Å². The highest BCUT2D eigenvalue weighted by Gasteiger charge is 2.22. The second-order valence-electron chi connectivity index (χ2n) is 6.20. The average molecular weight is 362 g/mol. The molecule has 142 valence electrons. The SMILES string of the molecule is CCOC(=O)Oc1ccc(C(=O)NCC2CCN(C(=O)CC)CC2)cc1. The minimum atomic E-state index is -0.766. The van der Waals surface area contributed by atoms with Crippen LogP contribution in [-0.2, 0) is 9.53 Å². The van der Waals surface area contributed by atoms with Crippen molar-refractivity contribution in [3.8, 4) is 5.75 Å². The smallest absolute Gasteiger partial charge is 0.434 e. The van der Waals surface area contributed by atoms with Gasteiger partial charge in [0.15, 0.2) is 0 Å². The Bertz CT molecular complexity index is 621. The number of likely N-dealkylation sites (tertiary alicyclic amines) is 1. The number of carbonyl (C=O) groups is 3. The van der Waals surface area contributed by atoms with Crippen molar-refractivity contribution in [2.45, 2.75) is 33.1 Å². The monoisotopic (exact) mass is 362 g/mol. The van der Waals surface area contributed by atoms with Gasteiger partial charge in [-0.3, -0.25) is 9.59 Å². The minimum Gasteiger partial charge on any atom is -0.434 e. The molecule has 7 nitrogen and oxygen atoms in total. The van der Waals surface area contributed by atoms with E-state index in [1.54, 1.807) is 31.2 Å². The van der Waals surface area contributed by atoms with Crippen LogP contribution in [0.15, 0.2) is 24.3 Å². The standard InChI is InChI=1S/C19H26N2O5/c1-3-17(22)21-11-9-14(10-12-21)13-20-18(23)15-5-7-16(8-6-15)26-19(24)25-4-2/h5-8,14H,3-4,9-13H2,1-2H3,(H,20,23). The van der Waals surface area contributed by atoms with Crippen molar-refractivity contribution in [3.63, 3.8) is 0 Å². The molecule has 0 atom stereocenters. The lowest BCUT2D eigenvalue weighted by atomic mass is 9.96. The maximum absolute atomic E-state index is 12.2. The lowest BCUT2D eigenvalue weighted by molar-refractivity contribution is -0.132. The highest BCUT2D eigenvalue weighted by molar-refractivity contribution is 5.94. The van der Waals surface area contributed by atoms with Gasteiger partial charge in [0, 0.05) is 31.6 Å². The summed E-state index contributed by atoms with van der Waals surface area (Å²) >= 11 is 0. The average Bonchev–Trinajstić information content (AvgIpc) is 2.66. The van der Waals surface area contributed by atoms with Gasteiger partial charge in [-0.05, 0) is 49.9 Å². The van der Waals surface area contributed by atoms with Crippen LogP contribution < -0.4 is 10.1 Å². The van der Waals surface area contributed by atoms with Gasteiger partial charge in [-0.15, -0.1) is 0 Å². The van der Waals surface area contributed by atoms with Gasteiger partial charge in [0.25, 0.3) is 5.91 Å². The van der Waals surface area contributed by atoms with Gasteiger partial charge in [-0.2, -0.15) is 0 Å². The van der Waals surface area contributed by atoms with E-state index in [1.807, 2.05) is 11.8 Å². The third kappa shape index (κ3) is 5.75. The summed E-state index contributed by atoms with van der Waals surface area (Å²) in [6, 6.07) is 6.32. The Labute approximate surface area is 153 Å². The van der Waals surface area contributed by atoms with Crippen LogP contribution in [0.3, 0.4) is 0 Å². The van der Waals surface area contributed by atoms with Crippen molar-refractivity contribution in [1.29, 1.82) is 0 Å². The summed E-state index contributed by atoms with van der Waals surface area (Å²) in [5.74, 6) is 0.733. The number of nitrogens with zero attached hydrogens (tertiary/aromatic N) is 1. The van der Waals surface area contributed by atoms with Crippen LogP contribution in [0.2, 0.25) is 0 Å². The third-order valence-electron chi connectivity index (χ3n) is 4.40. The summed E-state index contributed by atoms with van der Waals surface area (Å²) in [7, 11) is 0. The molecule has 1 aromatic carbocycles. The summed E-state index contributed by atoms with van der Waals surface area (Å²) in [6.45, 7) is 5.91. The highest BCUT2D eigenvalue weighted by Crippen LogP contribution is 2.18. The van der Waals surface area contributed by atoms with Crippen LogP contribution in [0.5, 0.6) is 5.75 Å². The van der Waals surface area contributed by atoms with Gasteiger partial charge in [0.2, 0.25) is 5.91 Å². The van der Waals surface area contributed by atoms with Crippen LogP contribution in [-0.4, -0.2) is 49.1 Å². The molecule has 0 radical (unpaired) electrons. The maximum atomic E-state index is 12.2. The molecular formula is C19H26N2O5. The molecule has 1 heterocycles. The first-order valence-corrected chi connectivity index (χ1v) is 9.04. The van der Waals surface area contributed by atoms with Crippen LogP contribution in [0.1, 0.15) is 43.5 Å². The first kappa shape index (κ1) is 19.8. The zero-order valence-corrected chi connectivity index (χ0v) is 15.3. The number of nitrogens with one attached hydrogen (secondary N) is 1. The molecule has 0 bridgehead atoms. The second kappa shape index (κ2) is 9.79. The predicted molar refractivity (Wildman–Crippen MR) is 96.0 cm³/mol. The zero-order chi connectivity index (χ0) is 18.9. The van der Waals surface area contributed by atoms with Crippen LogP contribution >= 0.6 is 0 Å². The number of amides is 2. The minimum absolute atomic E-state index is 0.167. The van der Waals surface area contributed by atoms with E-state index in [9.17, 15) is 14.4 Å². The molecule has 1 aliphatic rings. The second-order valence-corrected chi connectivity index (χ2v) is 6.20. The van der Waals surface area contributed by atoms with Crippen LogP contribution in [0.25, 0.3) is 0 Å². The zero-order valence-electron chi connectivity index (χ0n) is 15.3. The summed E-state index contributed by atoms with van der Waals surface area (Å²) < 4.78 is 9.65. The number of benzene rings is 1. The molecule has 1 aromatic rings. The van der Waals surface area contributed by atoms with Gasteiger partial charge in [-0.25, -0.2) is 4.79 Å². The number of carbonyl (C=O) groups excluding carboxylic acids is 3. The normalized spacial score (nSPS) is 14.6. The fourth-order valence-corrected chi connectivity index (χ4v) is 2.87. The molecule has 1 N–H and O–H groups in total. The quantitative estimate of drug-likeness (QED) is 0.621. The van der Waals surface area contributed by atoms with Gasteiger partial charge in [0.05, 0.1) is 6.61 Å². The van der Waals surface area contributed by atoms with Gasteiger partial charge >= 0.3 is 6.16 Å². The molecule has 26 heavy (non-hydrogen) atoms. The molecule has 1 saturated heterocycles. The summed E-state index contributed by atoms with van der Waals surface area (Å²) in [6.07, 6.45) is 1.58. The van der Waals surface area contributed by atoms with E-state index in [1.165, 1.54) is 0 Å². The van der Waals surface area contributed by atoms with E-state index in [0.717, 1.165) is 25.9 Å². The molecule has 2 rings (SSSR count). The van der Waals surface area contributed by atoms with E-state index in [4.69, 9.17) is 9.47 Å². The topological polar surface area (TPSA) is 84.9 Å². The Hall–Kier alpha value is -2.57. The largest absolute Gasteiger partial charge is 0.513 e. The van der Waals surface area contributed by atoms with Gasteiger partial charge in [0.1, 0.15) is 5.75 Å².